The molecule has 1 aliphatic heterocycles. The minimum atomic E-state index is 0.418. The van der Waals surface area contributed by atoms with Gasteiger partial charge < -0.3 is 0 Å². The highest BCUT2D eigenvalue weighted by Gasteiger charge is 2.31. The maximum Gasteiger partial charge on any atom is 0.138 e. The summed E-state index contributed by atoms with van der Waals surface area (Å²) in [6.07, 6.45) is 2.37. The summed E-state index contributed by atoms with van der Waals surface area (Å²) in [5, 5.41) is 8.67. The van der Waals surface area contributed by atoms with E-state index in [4.69, 9.17) is 11.6 Å². The molecule has 2 aromatic rings. The molecular formula is C13H18ClN5S. The third kappa shape index (κ3) is 2.36. The average molecular weight is 312 g/mol. The van der Waals surface area contributed by atoms with Crippen molar-refractivity contribution in [3.05, 3.63) is 27.0 Å². The van der Waals surface area contributed by atoms with E-state index in [0.717, 1.165) is 24.5 Å². The van der Waals surface area contributed by atoms with Crippen LogP contribution in [0.2, 0.25) is 4.34 Å². The van der Waals surface area contributed by atoms with Crippen LogP contribution in [-0.2, 0) is 13.6 Å². The van der Waals surface area contributed by atoms with E-state index in [-0.39, 0.29) is 0 Å². The minimum absolute atomic E-state index is 0.418. The largest absolute Gasteiger partial charge is 0.290 e. The topological polar surface area (TPSA) is 46.8 Å². The first kappa shape index (κ1) is 14.0. The van der Waals surface area contributed by atoms with Gasteiger partial charge in [0.25, 0.3) is 0 Å². The summed E-state index contributed by atoms with van der Waals surface area (Å²) in [7, 11) is 2.01. The van der Waals surface area contributed by atoms with Gasteiger partial charge in [-0.3, -0.25) is 9.58 Å². The number of aryl methyl sites for hydroxylation is 2. The summed E-state index contributed by atoms with van der Waals surface area (Å²) in [4.78, 5) is 2.44. The normalized spacial score (nSPS) is 19.9. The van der Waals surface area contributed by atoms with Crippen molar-refractivity contribution in [3.8, 4) is 0 Å². The van der Waals surface area contributed by atoms with Crippen LogP contribution in [-0.4, -0.2) is 30.8 Å². The van der Waals surface area contributed by atoms with Gasteiger partial charge in [0.2, 0.25) is 0 Å². The number of likely N-dealkylation sites (tertiary alicyclic amines) is 1. The first-order chi connectivity index (χ1) is 9.58. The highest BCUT2D eigenvalue weighted by atomic mass is 35.5. The Labute approximate surface area is 127 Å². The lowest BCUT2D eigenvalue weighted by molar-refractivity contribution is 0.244. The Morgan fingerprint density at radius 3 is 2.80 bits per heavy atom. The Kier molecular flexibility index (Phi) is 3.79. The predicted octanol–water partition coefficient (Wildman–Crippen LogP) is 2.88. The second-order valence-electron chi connectivity index (χ2n) is 5.33. The van der Waals surface area contributed by atoms with Crippen molar-refractivity contribution in [1.29, 1.82) is 0 Å². The van der Waals surface area contributed by atoms with Crippen LogP contribution < -0.4 is 0 Å². The fourth-order valence-corrected chi connectivity index (χ4v) is 3.71. The monoisotopic (exact) mass is 311 g/mol. The minimum Gasteiger partial charge on any atom is -0.290 e. The first-order valence-electron chi connectivity index (χ1n) is 6.78. The van der Waals surface area contributed by atoms with Crippen LogP contribution in [0, 0.1) is 13.8 Å². The van der Waals surface area contributed by atoms with E-state index in [1.165, 1.54) is 35.6 Å². The molecule has 7 heteroatoms. The zero-order valence-electron chi connectivity index (χ0n) is 11.9. The zero-order valence-corrected chi connectivity index (χ0v) is 13.5. The van der Waals surface area contributed by atoms with E-state index in [1.807, 2.05) is 11.7 Å². The van der Waals surface area contributed by atoms with Gasteiger partial charge >= 0.3 is 0 Å². The van der Waals surface area contributed by atoms with E-state index in [2.05, 4.69) is 33.4 Å². The fraction of sp³-hybridized carbons (Fsp3) is 0.615. The third-order valence-corrected chi connectivity index (χ3v) is 5.11. The summed E-state index contributed by atoms with van der Waals surface area (Å²) in [6.45, 7) is 6.08. The quantitative estimate of drug-likeness (QED) is 0.874. The number of hydrogen-bond acceptors (Lipinski definition) is 5. The summed E-state index contributed by atoms with van der Waals surface area (Å²) in [5.41, 5.74) is 4.64. The molecule has 0 radical (unpaired) electrons. The number of nitrogens with zero attached hydrogens (tertiary/aromatic N) is 5. The van der Waals surface area contributed by atoms with Gasteiger partial charge in [-0.25, -0.2) is 0 Å². The van der Waals surface area contributed by atoms with Crippen LogP contribution in [0.15, 0.2) is 0 Å². The molecule has 1 atom stereocenters. The summed E-state index contributed by atoms with van der Waals surface area (Å²) in [5.74, 6) is 0. The van der Waals surface area contributed by atoms with Crippen molar-refractivity contribution in [2.24, 2.45) is 7.05 Å². The smallest absolute Gasteiger partial charge is 0.138 e. The van der Waals surface area contributed by atoms with Gasteiger partial charge in [-0.15, -0.1) is 5.10 Å². The third-order valence-electron chi connectivity index (χ3n) is 4.12. The Hall–Kier alpha value is -0.980. The number of aromatic nitrogens is 4. The van der Waals surface area contributed by atoms with Gasteiger partial charge in [0.05, 0.1) is 5.69 Å². The van der Waals surface area contributed by atoms with Crippen molar-refractivity contribution in [2.75, 3.05) is 6.54 Å². The second kappa shape index (κ2) is 5.42. The van der Waals surface area contributed by atoms with Crippen molar-refractivity contribution in [2.45, 2.75) is 39.3 Å². The van der Waals surface area contributed by atoms with Gasteiger partial charge in [-0.05, 0) is 33.2 Å². The lowest BCUT2D eigenvalue weighted by Crippen LogP contribution is -2.24. The molecule has 1 fully saturated rings. The molecule has 20 heavy (non-hydrogen) atoms. The highest BCUT2D eigenvalue weighted by Crippen LogP contribution is 2.36. The van der Waals surface area contributed by atoms with Gasteiger partial charge in [0.1, 0.15) is 10.0 Å². The molecule has 0 bridgehead atoms. The Morgan fingerprint density at radius 1 is 1.40 bits per heavy atom. The van der Waals surface area contributed by atoms with E-state index in [0.29, 0.717) is 10.4 Å². The fourth-order valence-electron chi connectivity index (χ4n) is 3.10. The van der Waals surface area contributed by atoms with Gasteiger partial charge in [-0.1, -0.05) is 16.1 Å². The predicted molar refractivity (Wildman–Crippen MR) is 80.0 cm³/mol. The molecule has 1 unspecified atom stereocenters. The number of rotatable bonds is 3. The van der Waals surface area contributed by atoms with Crippen LogP contribution in [0.25, 0.3) is 0 Å². The van der Waals surface area contributed by atoms with Gasteiger partial charge in [0, 0.05) is 42.4 Å². The van der Waals surface area contributed by atoms with Gasteiger partial charge in [0.15, 0.2) is 0 Å². The lowest BCUT2D eigenvalue weighted by atomic mass is 10.0. The molecule has 5 nitrogen and oxygen atoms in total. The van der Waals surface area contributed by atoms with E-state index >= 15 is 0 Å². The van der Waals surface area contributed by atoms with Crippen molar-refractivity contribution >= 4 is 23.1 Å². The molecule has 0 saturated carbocycles. The van der Waals surface area contributed by atoms with Crippen LogP contribution in [0.4, 0.5) is 0 Å². The number of hydrogen-bond donors (Lipinski definition) is 0. The number of halogens is 1. The molecule has 3 rings (SSSR count). The maximum atomic E-state index is 6.13. The summed E-state index contributed by atoms with van der Waals surface area (Å²) < 4.78 is 6.59. The molecule has 2 aromatic heterocycles. The molecule has 0 spiro atoms. The SMILES string of the molecule is Cc1nn(C)c(C)c1C1CCCN1Cc1nnsc1Cl. The summed E-state index contributed by atoms with van der Waals surface area (Å²) in [6, 6.07) is 0.418. The molecule has 3 heterocycles. The lowest BCUT2D eigenvalue weighted by Gasteiger charge is -2.24. The van der Waals surface area contributed by atoms with Crippen LogP contribution in [0.1, 0.15) is 41.5 Å². The Balaban J connectivity index is 1.87. The van der Waals surface area contributed by atoms with Crippen LogP contribution in [0.3, 0.4) is 0 Å². The van der Waals surface area contributed by atoms with E-state index in [1.54, 1.807) is 0 Å². The molecule has 0 aliphatic carbocycles. The highest BCUT2D eigenvalue weighted by molar-refractivity contribution is 7.10. The molecular weight excluding hydrogens is 294 g/mol. The van der Waals surface area contributed by atoms with E-state index in [9.17, 15) is 0 Å². The van der Waals surface area contributed by atoms with Crippen LogP contribution in [0.5, 0.6) is 0 Å². The molecule has 0 amide bonds. The van der Waals surface area contributed by atoms with Crippen LogP contribution >= 0.6 is 23.1 Å². The van der Waals surface area contributed by atoms with Crippen molar-refractivity contribution in [3.63, 3.8) is 0 Å². The average Bonchev–Trinajstić information content (AvgIpc) is 3.06. The molecule has 1 saturated heterocycles. The maximum absolute atomic E-state index is 6.13. The molecule has 108 valence electrons. The standard InChI is InChI=1S/C13H18ClN5S/c1-8-12(9(2)18(3)16-8)11-5-4-6-19(11)7-10-13(14)20-17-15-10/h11H,4-7H2,1-3H3. The molecule has 0 N–H and O–H groups in total. The Bertz CT molecular complexity index is 620. The van der Waals surface area contributed by atoms with Crippen molar-refractivity contribution in [1.82, 2.24) is 24.3 Å². The first-order valence-corrected chi connectivity index (χ1v) is 7.94. The summed E-state index contributed by atoms with van der Waals surface area (Å²) >= 11 is 7.39. The second-order valence-corrected chi connectivity index (χ2v) is 6.69. The molecule has 0 aromatic carbocycles. The van der Waals surface area contributed by atoms with Crippen molar-refractivity contribution < 1.29 is 0 Å². The Morgan fingerprint density at radius 2 is 2.20 bits per heavy atom. The van der Waals surface area contributed by atoms with Gasteiger partial charge in [-0.2, -0.15) is 5.10 Å². The zero-order chi connectivity index (χ0) is 14.3. The van der Waals surface area contributed by atoms with E-state index < -0.39 is 0 Å². The molecule has 1 aliphatic rings.